The van der Waals surface area contributed by atoms with E-state index in [1.807, 2.05) is 0 Å². The number of ketones is 1. The van der Waals surface area contributed by atoms with Crippen LogP contribution in [-0.4, -0.2) is 37.2 Å². The van der Waals surface area contributed by atoms with Gasteiger partial charge >= 0.3 is 5.97 Å². The van der Waals surface area contributed by atoms with E-state index >= 15 is 0 Å². The van der Waals surface area contributed by atoms with Crippen LogP contribution in [0.4, 0.5) is 5.69 Å². The molecule has 2 aromatic rings. The molecule has 0 spiro atoms. The molecule has 0 amide bonds. The molecule has 7 nitrogen and oxygen atoms in total. The topological polar surface area (TPSA) is 90.6 Å². The van der Waals surface area contributed by atoms with Gasteiger partial charge in [-0.05, 0) is 31.4 Å². The number of hydrogen-bond acceptors (Lipinski definition) is 6. The van der Waals surface area contributed by atoms with E-state index in [1.54, 1.807) is 32.2 Å². The Morgan fingerprint density at radius 3 is 2.56 bits per heavy atom. The fraction of sp³-hybridized carbons (Fsp3) is 0.421. The van der Waals surface area contributed by atoms with E-state index in [-0.39, 0.29) is 17.2 Å². The summed E-state index contributed by atoms with van der Waals surface area (Å²) in [5, 5.41) is 4.02. The maximum atomic E-state index is 13.0. The van der Waals surface area contributed by atoms with E-state index in [0.717, 1.165) is 19.3 Å². The quantitative estimate of drug-likeness (QED) is 0.592. The van der Waals surface area contributed by atoms with Gasteiger partial charge in [0.1, 0.15) is 5.56 Å². The predicted octanol–water partition coefficient (Wildman–Crippen LogP) is 3.17. The Morgan fingerprint density at radius 2 is 1.89 bits per heavy atom. The van der Waals surface area contributed by atoms with Crippen LogP contribution in [0.2, 0.25) is 0 Å². The monoisotopic (exact) mass is 389 g/mol. The number of hydrogen-bond donors (Lipinski definition) is 0. The largest absolute Gasteiger partial charge is 0.407 e. The first-order chi connectivity index (χ1) is 12.8. The second kappa shape index (κ2) is 7.64. The molecule has 144 valence electrons. The van der Waals surface area contributed by atoms with E-state index in [4.69, 9.17) is 4.74 Å². The first kappa shape index (κ1) is 19.3. The third kappa shape index (κ3) is 4.10. The highest BCUT2D eigenvalue weighted by molar-refractivity contribution is 7.93. The number of ether oxygens (including phenoxy) is 1. The molecule has 0 atom stereocenters. The maximum absolute atomic E-state index is 13.0. The number of carbonyl (C=O) groups is 2. The molecule has 0 aliphatic carbocycles. The average Bonchev–Trinajstić information content (AvgIpc) is 2.97. The van der Waals surface area contributed by atoms with Crippen LogP contribution in [-0.2, 0) is 21.6 Å². The highest BCUT2D eigenvalue weighted by Crippen LogP contribution is 2.29. The van der Waals surface area contributed by atoms with Gasteiger partial charge < -0.3 is 4.74 Å². The van der Waals surface area contributed by atoms with Crippen LogP contribution in [0.25, 0.3) is 0 Å². The molecule has 1 fully saturated rings. The van der Waals surface area contributed by atoms with E-state index in [1.165, 1.54) is 17.8 Å². The second-order valence-corrected chi connectivity index (χ2v) is 9.24. The summed E-state index contributed by atoms with van der Waals surface area (Å²) in [5.74, 6) is 0.468. The van der Waals surface area contributed by atoms with Crippen molar-refractivity contribution in [3.05, 3.63) is 41.1 Å². The van der Waals surface area contributed by atoms with Crippen molar-refractivity contribution < 1.29 is 18.5 Å². The highest BCUT2D eigenvalue weighted by Gasteiger charge is 2.23. The summed E-state index contributed by atoms with van der Waals surface area (Å²) in [4.78, 5) is 24.4. The minimum Gasteiger partial charge on any atom is -0.407 e. The number of nitrogens with zero attached hydrogens (tertiary/aromatic N) is 3. The molecule has 3 rings (SSSR count). The first-order valence-corrected chi connectivity index (χ1v) is 10.7. The molecule has 27 heavy (non-hydrogen) atoms. The van der Waals surface area contributed by atoms with Gasteiger partial charge in [-0.15, -0.1) is 0 Å². The van der Waals surface area contributed by atoms with Gasteiger partial charge in [-0.3, -0.25) is 9.59 Å². The zero-order valence-electron chi connectivity index (χ0n) is 15.7. The van der Waals surface area contributed by atoms with Crippen molar-refractivity contribution in [1.29, 1.82) is 0 Å². The summed E-state index contributed by atoms with van der Waals surface area (Å²) >= 11 is 0. The predicted molar refractivity (Wildman–Crippen MR) is 103 cm³/mol. The van der Waals surface area contributed by atoms with Crippen molar-refractivity contribution >= 4 is 27.2 Å². The lowest BCUT2D eigenvalue weighted by atomic mass is 10.00. The molecule has 1 aromatic heterocycles. The van der Waals surface area contributed by atoms with Crippen LogP contribution in [0.3, 0.4) is 0 Å². The second-order valence-electron chi connectivity index (χ2n) is 6.69. The van der Waals surface area contributed by atoms with E-state index < -0.39 is 15.7 Å². The zero-order chi connectivity index (χ0) is 19.6. The van der Waals surface area contributed by atoms with Crippen molar-refractivity contribution in [2.24, 2.45) is 11.4 Å². The first-order valence-electron chi connectivity index (χ1n) is 8.88. The fourth-order valence-electron chi connectivity index (χ4n) is 3.16. The van der Waals surface area contributed by atoms with Gasteiger partial charge in [-0.2, -0.15) is 9.46 Å². The standard InChI is InChI=1S/C19H23N3O4S/c1-13-15(18(24)16-12-20-22(3)19(16)26-14(2)23)8-7-9-17(13)21-27(25)10-5-4-6-11-27/h7-9,12H,4-6,10-11H2,1-3H3. The van der Waals surface area contributed by atoms with Gasteiger partial charge in [0.05, 0.1) is 21.6 Å². The van der Waals surface area contributed by atoms with Crippen molar-refractivity contribution in [2.45, 2.75) is 33.1 Å². The van der Waals surface area contributed by atoms with Crippen LogP contribution in [0.15, 0.2) is 28.8 Å². The van der Waals surface area contributed by atoms with E-state index in [2.05, 4.69) is 9.46 Å². The minimum atomic E-state index is -2.26. The molecule has 1 aromatic carbocycles. The summed E-state index contributed by atoms with van der Waals surface area (Å²) in [5.41, 5.74) is 1.87. The van der Waals surface area contributed by atoms with Gasteiger partial charge in [-0.1, -0.05) is 18.6 Å². The number of aryl methyl sites for hydroxylation is 1. The number of aromatic nitrogens is 2. The summed E-state index contributed by atoms with van der Waals surface area (Å²) in [7, 11) is -0.666. The SMILES string of the molecule is CC(=O)Oc1c(C(=O)c2cccc(N=S3(=O)CCCCC3)c2C)cnn1C. The number of carbonyl (C=O) groups excluding carboxylic acids is 2. The fourth-order valence-corrected chi connectivity index (χ4v) is 5.41. The zero-order valence-corrected chi connectivity index (χ0v) is 16.5. The Kier molecular flexibility index (Phi) is 5.46. The van der Waals surface area contributed by atoms with Crippen molar-refractivity contribution in [3.8, 4) is 5.88 Å². The molecule has 0 unspecified atom stereocenters. The van der Waals surface area contributed by atoms with Crippen molar-refractivity contribution in [1.82, 2.24) is 9.78 Å². The Balaban J connectivity index is 2.02. The highest BCUT2D eigenvalue weighted by atomic mass is 32.2. The smallest absolute Gasteiger partial charge is 0.309 e. The summed E-state index contributed by atoms with van der Waals surface area (Å²) < 4.78 is 23.9. The summed E-state index contributed by atoms with van der Waals surface area (Å²) in [6.45, 7) is 3.06. The normalized spacial score (nSPS) is 16.0. The minimum absolute atomic E-state index is 0.104. The van der Waals surface area contributed by atoms with E-state index in [9.17, 15) is 13.8 Å². The van der Waals surface area contributed by atoms with Crippen LogP contribution in [0, 0.1) is 6.92 Å². The molecular formula is C19H23N3O4S. The lowest BCUT2D eigenvalue weighted by Gasteiger charge is -2.16. The third-order valence-corrected chi connectivity index (χ3v) is 6.99. The molecule has 0 radical (unpaired) electrons. The van der Waals surface area contributed by atoms with Crippen LogP contribution in [0.1, 0.15) is 47.7 Å². The van der Waals surface area contributed by atoms with Gasteiger partial charge in [-0.25, -0.2) is 8.89 Å². The molecular weight excluding hydrogens is 366 g/mol. The van der Waals surface area contributed by atoms with E-state index in [0.29, 0.717) is 28.3 Å². The lowest BCUT2D eigenvalue weighted by Crippen LogP contribution is -2.16. The molecule has 1 saturated heterocycles. The van der Waals surface area contributed by atoms with Gasteiger partial charge in [0.15, 0.2) is 5.78 Å². The molecule has 0 N–H and O–H groups in total. The number of benzene rings is 1. The van der Waals surface area contributed by atoms with Crippen LogP contribution in [0.5, 0.6) is 5.88 Å². The van der Waals surface area contributed by atoms with Crippen molar-refractivity contribution in [3.63, 3.8) is 0 Å². The molecule has 1 aliphatic heterocycles. The maximum Gasteiger partial charge on any atom is 0.309 e. The van der Waals surface area contributed by atoms with Gasteiger partial charge in [0, 0.05) is 31.0 Å². The summed E-state index contributed by atoms with van der Waals surface area (Å²) in [6.07, 6.45) is 4.30. The number of esters is 1. The lowest BCUT2D eigenvalue weighted by molar-refractivity contribution is -0.132. The molecule has 0 bridgehead atoms. The van der Waals surface area contributed by atoms with Crippen LogP contribution >= 0.6 is 0 Å². The van der Waals surface area contributed by atoms with Gasteiger partial charge in [0.25, 0.3) is 0 Å². The van der Waals surface area contributed by atoms with Gasteiger partial charge in [0.2, 0.25) is 5.88 Å². The van der Waals surface area contributed by atoms with Crippen LogP contribution < -0.4 is 4.74 Å². The van der Waals surface area contributed by atoms with Crippen molar-refractivity contribution in [2.75, 3.05) is 11.5 Å². The molecule has 0 saturated carbocycles. The molecule has 1 aliphatic rings. The Hall–Kier alpha value is -2.48. The third-order valence-electron chi connectivity index (χ3n) is 4.61. The average molecular weight is 389 g/mol. The Bertz CT molecular complexity index is 1000. The molecule has 2 heterocycles. The Labute approximate surface area is 158 Å². The number of rotatable bonds is 4. The molecule has 8 heteroatoms. The summed E-state index contributed by atoms with van der Waals surface area (Å²) in [6, 6.07) is 5.20. The Morgan fingerprint density at radius 1 is 1.19 bits per heavy atom.